The van der Waals surface area contributed by atoms with Crippen molar-refractivity contribution >= 4 is 5.82 Å². The van der Waals surface area contributed by atoms with Crippen LogP contribution in [0.3, 0.4) is 0 Å². The molecule has 0 saturated carbocycles. The van der Waals surface area contributed by atoms with E-state index in [0.717, 1.165) is 17.9 Å². The molecule has 70 valence electrons. The van der Waals surface area contributed by atoms with Gasteiger partial charge in [-0.05, 0) is 32.4 Å². The largest absolute Gasteiger partial charge is 0.367 e. The zero-order valence-electron chi connectivity index (χ0n) is 8.25. The minimum absolute atomic E-state index is 0.395. The summed E-state index contributed by atoms with van der Waals surface area (Å²) in [4.78, 5) is 4.35. The van der Waals surface area contributed by atoms with Crippen molar-refractivity contribution < 1.29 is 0 Å². The second kappa shape index (κ2) is 4.65. The summed E-state index contributed by atoms with van der Waals surface area (Å²) in [5.41, 5.74) is 1.04. The van der Waals surface area contributed by atoms with Gasteiger partial charge >= 0.3 is 0 Å². The van der Waals surface area contributed by atoms with Gasteiger partial charge in [0, 0.05) is 11.7 Å². The average molecular weight is 176 g/mol. The highest BCUT2D eigenvalue weighted by Crippen LogP contribution is 2.07. The number of aryl methyl sites for hydroxylation is 1. The van der Waals surface area contributed by atoms with Crippen LogP contribution in [0.25, 0.3) is 0 Å². The van der Waals surface area contributed by atoms with Gasteiger partial charge in [0.25, 0.3) is 0 Å². The van der Waals surface area contributed by atoms with Crippen molar-refractivity contribution in [1.29, 1.82) is 0 Å². The number of aromatic nitrogens is 1. The first-order chi connectivity index (χ1) is 6.22. The van der Waals surface area contributed by atoms with Crippen LogP contribution in [0, 0.1) is 6.92 Å². The van der Waals surface area contributed by atoms with Crippen molar-refractivity contribution in [2.24, 2.45) is 0 Å². The maximum absolute atomic E-state index is 4.35. The van der Waals surface area contributed by atoms with Crippen molar-refractivity contribution in [3.05, 3.63) is 36.5 Å². The molecule has 2 nitrogen and oxygen atoms in total. The molecule has 1 atom stereocenters. The Labute approximate surface area is 79.7 Å². The van der Waals surface area contributed by atoms with E-state index < -0.39 is 0 Å². The topological polar surface area (TPSA) is 24.9 Å². The summed E-state index contributed by atoms with van der Waals surface area (Å²) in [6, 6.07) is 6.37. The molecule has 0 fully saturated rings. The number of hydrogen-bond donors (Lipinski definition) is 1. The Morgan fingerprint density at radius 1 is 1.62 bits per heavy atom. The molecule has 0 aliphatic carbocycles. The number of nitrogens with one attached hydrogen (secondary N) is 1. The summed E-state index contributed by atoms with van der Waals surface area (Å²) < 4.78 is 0. The molecule has 0 aliphatic rings. The second-order valence-electron chi connectivity index (χ2n) is 3.23. The molecule has 0 spiro atoms. The molecule has 1 aromatic heterocycles. The van der Waals surface area contributed by atoms with Gasteiger partial charge in [-0.2, -0.15) is 0 Å². The van der Waals surface area contributed by atoms with Crippen molar-refractivity contribution in [3.8, 4) is 0 Å². The Bertz CT molecular complexity index is 281. The summed E-state index contributed by atoms with van der Waals surface area (Å²) in [7, 11) is 0. The lowest BCUT2D eigenvalue weighted by atomic mass is 10.2. The van der Waals surface area contributed by atoms with Crippen LogP contribution < -0.4 is 5.32 Å². The van der Waals surface area contributed by atoms with Gasteiger partial charge in [0.2, 0.25) is 0 Å². The standard InChI is InChI=1S/C11H16N2/c1-4-6-9(2)12-11-8-5-7-10(3)13-11/h4-5,7-9H,1,6H2,2-3H3,(H,12,13). The van der Waals surface area contributed by atoms with Crippen LogP contribution in [-0.2, 0) is 0 Å². The highest BCUT2D eigenvalue weighted by molar-refractivity contribution is 5.36. The fourth-order valence-corrected chi connectivity index (χ4v) is 1.18. The average Bonchev–Trinajstić information content (AvgIpc) is 2.04. The molecule has 0 saturated heterocycles. The molecule has 1 unspecified atom stereocenters. The van der Waals surface area contributed by atoms with Crippen LogP contribution in [0.1, 0.15) is 19.0 Å². The van der Waals surface area contributed by atoms with Crippen LogP contribution >= 0.6 is 0 Å². The van der Waals surface area contributed by atoms with Gasteiger partial charge in [-0.1, -0.05) is 12.1 Å². The quantitative estimate of drug-likeness (QED) is 0.713. The Hall–Kier alpha value is -1.31. The molecule has 0 aromatic carbocycles. The Morgan fingerprint density at radius 3 is 3.00 bits per heavy atom. The maximum Gasteiger partial charge on any atom is 0.126 e. The van der Waals surface area contributed by atoms with E-state index in [4.69, 9.17) is 0 Å². The van der Waals surface area contributed by atoms with Gasteiger partial charge < -0.3 is 5.32 Å². The first kappa shape index (κ1) is 9.78. The van der Waals surface area contributed by atoms with Crippen LogP contribution in [0.4, 0.5) is 5.82 Å². The molecule has 0 bridgehead atoms. The number of rotatable bonds is 4. The SMILES string of the molecule is C=CCC(C)Nc1cccc(C)n1. The van der Waals surface area contributed by atoms with Crippen LogP contribution in [0.15, 0.2) is 30.9 Å². The van der Waals surface area contributed by atoms with Gasteiger partial charge in [-0.15, -0.1) is 6.58 Å². The number of pyridine rings is 1. The molecule has 1 N–H and O–H groups in total. The molecule has 1 rings (SSSR count). The third-order valence-electron chi connectivity index (χ3n) is 1.80. The summed E-state index contributed by atoms with van der Waals surface area (Å²) >= 11 is 0. The second-order valence-corrected chi connectivity index (χ2v) is 3.23. The first-order valence-electron chi connectivity index (χ1n) is 4.53. The molecule has 0 radical (unpaired) electrons. The molecule has 0 amide bonds. The zero-order chi connectivity index (χ0) is 9.68. The highest BCUT2D eigenvalue weighted by Gasteiger charge is 1.99. The van der Waals surface area contributed by atoms with E-state index in [1.807, 2.05) is 31.2 Å². The minimum Gasteiger partial charge on any atom is -0.367 e. The first-order valence-corrected chi connectivity index (χ1v) is 4.53. The Morgan fingerprint density at radius 2 is 2.38 bits per heavy atom. The van der Waals surface area contributed by atoms with Gasteiger partial charge in [-0.3, -0.25) is 0 Å². The third kappa shape index (κ3) is 3.28. The Balaban J connectivity index is 2.58. The maximum atomic E-state index is 4.35. The van der Waals surface area contributed by atoms with Crippen molar-refractivity contribution in [3.63, 3.8) is 0 Å². The Kier molecular flexibility index (Phi) is 3.50. The van der Waals surface area contributed by atoms with Crippen LogP contribution in [0.2, 0.25) is 0 Å². The third-order valence-corrected chi connectivity index (χ3v) is 1.80. The lowest BCUT2D eigenvalue weighted by Gasteiger charge is -2.12. The summed E-state index contributed by atoms with van der Waals surface area (Å²) in [5.74, 6) is 0.939. The molecule has 1 aromatic rings. The fraction of sp³-hybridized carbons (Fsp3) is 0.364. The van der Waals surface area contributed by atoms with Crippen molar-refractivity contribution in [2.45, 2.75) is 26.3 Å². The van der Waals surface area contributed by atoms with E-state index in [1.165, 1.54) is 0 Å². The van der Waals surface area contributed by atoms with Gasteiger partial charge in [0.15, 0.2) is 0 Å². The molecular weight excluding hydrogens is 160 g/mol. The van der Waals surface area contributed by atoms with E-state index in [1.54, 1.807) is 0 Å². The highest BCUT2D eigenvalue weighted by atomic mass is 15.0. The predicted molar refractivity (Wildman–Crippen MR) is 56.9 cm³/mol. The van der Waals surface area contributed by atoms with Gasteiger partial charge in [0.1, 0.15) is 5.82 Å². The smallest absolute Gasteiger partial charge is 0.126 e. The number of anilines is 1. The predicted octanol–water partition coefficient (Wildman–Crippen LogP) is 2.77. The summed E-state index contributed by atoms with van der Waals surface area (Å²) in [6.45, 7) is 7.81. The normalized spacial score (nSPS) is 12.2. The van der Waals surface area contributed by atoms with Crippen LogP contribution in [-0.4, -0.2) is 11.0 Å². The number of hydrogen-bond acceptors (Lipinski definition) is 2. The van der Waals surface area contributed by atoms with E-state index in [-0.39, 0.29) is 0 Å². The monoisotopic (exact) mass is 176 g/mol. The van der Waals surface area contributed by atoms with Crippen molar-refractivity contribution in [1.82, 2.24) is 4.98 Å². The molecule has 13 heavy (non-hydrogen) atoms. The van der Waals surface area contributed by atoms with E-state index in [9.17, 15) is 0 Å². The van der Waals surface area contributed by atoms with E-state index in [2.05, 4.69) is 23.8 Å². The molecule has 0 aliphatic heterocycles. The van der Waals surface area contributed by atoms with Gasteiger partial charge in [0.05, 0.1) is 0 Å². The number of nitrogens with zero attached hydrogens (tertiary/aromatic N) is 1. The summed E-state index contributed by atoms with van der Waals surface area (Å²) in [6.07, 6.45) is 2.86. The van der Waals surface area contributed by atoms with Crippen molar-refractivity contribution in [2.75, 3.05) is 5.32 Å². The summed E-state index contributed by atoms with van der Waals surface area (Å²) in [5, 5.41) is 3.30. The van der Waals surface area contributed by atoms with Gasteiger partial charge in [-0.25, -0.2) is 4.98 Å². The lowest BCUT2D eigenvalue weighted by Crippen LogP contribution is -2.14. The molecular formula is C11H16N2. The molecule has 2 heteroatoms. The lowest BCUT2D eigenvalue weighted by molar-refractivity contribution is 0.806. The zero-order valence-corrected chi connectivity index (χ0v) is 8.25. The molecule has 1 heterocycles. The van der Waals surface area contributed by atoms with E-state index >= 15 is 0 Å². The van der Waals surface area contributed by atoms with Crippen LogP contribution in [0.5, 0.6) is 0 Å². The minimum atomic E-state index is 0.395. The van der Waals surface area contributed by atoms with E-state index in [0.29, 0.717) is 6.04 Å². The fourth-order valence-electron chi connectivity index (χ4n) is 1.18.